The van der Waals surface area contributed by atoms with E-state index in [0.29, 0.717) is 15.9 Å². The summed E-state index contributed by atoms with van der Waals surface area (Å²) in [7, 11) is 0. The van der Waals surface area contributed by atoms with Crippen LogP contribution in [0.4, 0.5) is 18.2 Å². The van der Waals surface area contributed by atoms with E-state index in [1.807, 2.05) is 24.3 Å². The maximum absolute atomic E-state index is 12.2. The molecule has 0 radical (unpaired) electrons. The van der Waals surface area contributed by atoms with Crippen LogP contribution >= 0.6 is 43.2 Å². The first kappa shape index (κ1) is 22.5. The molecule has 1 heterocycles. The Hall–Kier alpha value is -1.14. The van der Waals surface area contributed by atoms with Crippen molar-refractivity contribution in [2.75, 3.05) is 10.8 Å². The molecular weight excluding hydrogens is 559 g/mol. The zero-order valence-corrected chi connectivity index (χ0v) is 19.3. The van der Waals surface area contributed by atoms with Gasteiger partial charge in [0.1, 0.15) is 10.8 Å². The molecule has 0 N–H and O–H groups in total. The first-order chi connectivity index (χ1) is 13.6. The minimum Gasteiger partial charge on any atom is -0.755 e. The molecule has 0 saturated heterocycles. The molecule has 2 unspecified atom stereocenters. The summed E-state index contributed by atoms with van der Waals surface area (Å²) >= 11 is 5.83. The number of benzene rings is 2. The lowest BCUT2D eigenvalue weighted by Gasteiger charge is -2.27. The number of nitrogens with zero attached hydrogens (tertiary/aromatic N) is 1. The quantitative estimate of drug-likeness (QED) is 0.252. The largest absolute Gasteiger partial charge is 0.755 e. The highest BCUT2D eigenvalue weighted by atomic mass is 79.9. The van der Waals surface area contributed by atoms with Crippen LogP contribution in [-0.2, 0) is 17.7 Å². The molecule has 11 heteroatoms. The molecule has 0 bridgehead atoms. The summed E-state index contributed by atoms with van der Waals surface area (Å²) in [5.74, 6) is -0.302. The van der Waals surface area contributed by atoms with Gasteiger partial charge in [-0.1, -0.05) is 46.3 Å². The summed E-state index contributed by atoms with van der Waals surface area (Å²) in [5, 5.41) is 1.49. The number of hydrogen-bond acceptors (Lipinski definition) is 4. The average molecular weight is 572 g/mol. The van der Waals surface area contributed by atoms with Gasteiger partial charge < -0.3 is 9.29 Å². The van der Waals surface area contributed by atoms with E-state index in [2.05, 4.69) is 36.6 Å². The smallest absolute Gasteiger partial charge is 0.573 e. The number of thiophene rings is 1. The Bertz CT molecular complexity index is 1010. The van der Waals surface area contributed by atoms with Crippen LogP contribution in [0.25, 0.3) is 10.1 Å². The van der Waals surface area contributed by atoms with Gasteiger partial charge in [-0.05, 0) is 46.1 Å². The Morgan fingerprint density at radius 1 is 1.17 bits per heavy atom. The van der Waals surface area contributed by atoms with Crippen molar-refractivity contribution in [2.45, 2.75) is 17.6 Å². The molecule has 0 spiro atoms. The standard InChI is InChI=1S/C18H14Br2F3NO3S2/c19-12(9-11-5-7-13(8-6-11)27-18(21,22)23)10-24(29(25)26)17-16(20)14-3-1-2-4-15(14)28-17/h1-8,12H,9-10H2,(H,25,26)/p-1. The van der Waals surface area contributed by atoms with Gasteiger partial charge in [0.2, 0.25) is 0 Å². The Morgan fingerprint density at radius 3 is 2.41 bits per heavy atom. The maximum Gasteiger partial charge on any atom is 0.573 e. The normalized spacial score (nSPS) is 14.0. The van der Waals surface area contributed by atoms with Crippen molar-refractivity contribution in [3.8, 4) is 5.75 Å². The van der Waals surface area contributed by atoms with E-state index in [4.69, 9.17) is 0 Å². The first-order valence-electron chi connectivity index (χ1n) is 8.17. The van der Waals surface area contributed by atoms with Crippen LogP contribution in [-0.4, -0.2) is 26.5 Å². The van der Waals surface area contributed by atoms with Crippen LogP contribution in [0.1, 0.15) is 5.56 Å². The molecule has 0 aliphatic carbocycles. The Morgan fingerprint density at radius 2 is 1.83 bits per heavy atom. The second-order valence-electron chi connectivity index (χ2n) is 5.99. The third kappa shape index (κ3) is 5.94. The molecule has 0 saturated carbocycles. The number of rotatable bonds is 7. The zero-order chi connectivity index (χ0) is 21.2. The molecule has 29 heavy (non-hydrogen) atoms. The van der Waals surface area contributed by atoms with E-state index in [0.717, 1.165) is 15.6 Å². The molecular formula is C18H13Br2F3NO3S2-. The summed E-state index contributed by atoms with van der Waals surface area (Å²) in [6.07, 6.45) is -4.32. The van der Waals surface area contributed by atoms with Gasteiger partial charge >= 0.3 is 6.36 Å². The molecule has 0 amide bonds. The van der Waals surface area contributed by atoms with Crippen LogP contribution in [0.2, 0.25) is 0 Å². The first-order valence-corrected chi connectivity index (χ1v) is 11.7. The van der Waals surface area contributed by atoms with Crippen LogP contribution < -0.4 is 9.04 Å². The van der Waals surface area contributed by atoms with E-state index in [1.54, 1.807) is 0 Å². The lowest BCUT2D eigenvalue weighted by molar-refractivity contribution is -0.274. The highest BCUT2D eigenvalue weighted by molar-refractivity contribution is 9.11. The fourth-order valence-electron chi connectivity index (χ4n) is 2.70. The summed E-state index contributed by atoms with van der Waals surface area (Å²) < 4.78 is 67.2. The number of fused-ring (bicyclic) bond motifs is 1. The van der Waals surface area contributed by atoms with Crippen molar-refractivity contribution in [3.63, 3.8) is 0 Å². The van der Waals surface area contributed by atoms with Gasteiger partial charge in [-0.3, -0.25) is 8.51 Å². The minimum atomic E-state index is -4.74. The van der Waals surface area contributed by atoms with Crippen molar-refractivity contribution in [2.24, 2.45) is 0 Å². The molecule has 2 atom stereocenters. The van der Waals surface area contributed by atoms with E-state index >= 15 is 0 Å². The van der Waals surface area contributed by atoms with Crippen LogP contribution in [0.15, 0.2) is 53.0 Å². The lowest BCUT2D eigenvalue weighted by Crippen LogP contribution is -2.32. The maximum atomic E-state index is 12.2. The Labute approximate surface area is 188 Å². The van der Waals surface area contributed by atoms with Gasteiger partial charge in [-0.25, -0.2) is 0 Å². The van der Waals surface area contributed by atoms with Gasteiger partial charge in [0.15, 0.2) is 0 Å². The minimum absolute atomic E-state index is 0.155. The average Bonchev–Trinajstić information content (AvgIpc) is 2.97. The Kier molecular flexibility index (Phi) is 7.26. The molecule has 3 rings (SSSR count). The summed E-state index contributed by atoms with van der Waals surface area (Å²) in [5.41, 5.74) is 0.744. The second kappa shape index (κ2) is 9.34. The highest BCUT2D eigenvalue weighted by Crippen LogP contribution is 2.42. The molecule has 4 nitrogen and oxygen atoms in total. The molecule has 0 fully saturated rings. The van der Waals surface area contributed by atoms with Crippen molar-refractivity contribution >= 4 is 69.6 Å². The predicted octanol–water partition coefficient (Wildman–Crippen LogP) is 6.17. The molecule has 0 aliphatic heterocycles. The van der Waals surface area contributed by atoms with E-state index in [-0.39, 0.29) is 17.1 Å². The second-order valence-corrected chi connectivity index (χ2v) is 9.98. The topological polar surface area (TPSA) is 52.6 Å². The van der Waals surface area contributed by atoms with Crippen molar-refractivity contribution < 1.29 is 26.7 Å². The van der Waals surface area contributed by atoms with Gasteiger partial charge in [0.25, 0.3) is 0 Å². The van der Waals surface area contributed by atoms with Crippen LogP contribution in [0, 0.1) is 0 Å². The lowest BCUT2D eigenvalue weighted by atomic mass is 10.1. The van der Waals surface area contributed by atoms with Crippen molar-refractivity contribution in [1.29, 1.82) is 0 Å². The number of alkyl halides is 4. The molecule has 0 aliphatic rings. The van der Waals surface area contributed by atoms with Crippen molar-refractivity contribution in [1.82, 2.24) is 0 Å². The Balaban J connectivity index is 1.72. The van der Waals surface area contributed by atoms with Crippen LogP contribution in [0.3, 0.4) is 0 Å². The van der Waals surface area contributed by atoms with Gasteiger partial charge in [-0.2, -0.15) is 0 Å². The number of halogens is 5. The monoisotopic (exact) mass is 570 g/mol. The molecule has 3 aromatic rings. The third-order valence-electron chi connectivity index (χ3n) is 3.90. The third-order valence-corrected chi connectivity index (χ3v) is 7.58. The van der Waals surface area contributed by atoms with E-state index in [9.17, 15) is 21.9 Å². The fraction of sp³-hybridized carbons (Fsp3) is 0.222. The molecule has 2 aromatic carbocycles. The summed E-state index contributed by atoms with van der Waals surface area (Å²) in [6, 6.07) is 13.1. The molecule has 1 aromatic heterocycles. The van der Waals surface area contributed by atoms with Gasteiger partial charge in [0.05, 0.1) is 4.47 Å². The SMILES string of the molecule is O=S([O-])N(CC(Br)Cc1ccc(OC(F)(F)F)cc1)c1sc2ccccc2c1Br. The summed E-state index contributed by atoms with van der Waals surface area (Å²) in [4.78, 5) is -0.258. The van der Waals surface area contributed by atoms with E-state index in [1.165, 1.54) is 39.9 Å². The highest BCUT2D eigenvalue weighted by Gasteiger charge is 2.31. The predicted molar refractivity (Wildman–Crippen MR) is 115 cm³/mol. The van der Waals surface area contributed by atoms with Crippen LogP contribution in [0.5, 0.6) is 5.75 Å². The number of ether oxygens (including phenoxy) is 1. The van der Waals surface area contributed by atoms with Gasteiger partial charge in [-0.15, -0.1) is 24.5 Å². The zero-order valence-electron chi connectivity index (χ0n) is 14.5. The van der Waals surface area contributed by atoms with Gasteiger partial charge in [0, 0.05) is 32.7 Å². The van der Waals surface area contributed by atoms with E-state index < -0.39 is 17.6 Å². The number of hydrogen-bond donors (Lipinski definition) is 0. The molecule has 156 valence electrons. The fourth-order valence-corrected chi connectivity index (χ4v) is 6.44. The van der Waals surface area contributed by atoms with Crippen molar-refractivity contribution in [3.05, 3.63) is 58.6 Å². The number of anilines is 1. The summed E-state index contributed by atoms with van der Waals surface area (Å²) in [6.45, 7) is 0.155.